The third kappa shape index (κ3) is 4.86. The number of nitrogens with zero attached hydrogens (tertiary/aromatic N) is 4. The quantitative estimate of drug-likeness (QED) is 0.459. The number of furan rings is 1. The molecule has 0 bridgehead atoms. The summed E-state index contributed by atoms with van der Waals surface area (Å²) in [7, 11) is 3.69. The zero-order valence-corrected chi connectivity index (χ0v) is 22.2. The van der Waals surface area contributed by atoms with Crippen molar-refractivity contribution in [3.05, 3.63) is 78.7 Å². The Morgan fingerprint density at radius 2 is 2.00 bits per heavy atom. The van der Waals surface area contributed by atoms with Crippen LogP contribution in [0.5, 0.6) is 5.75 Å². The number of hydrogen-bond acceptors (Lipinski definition) is 9. The van der Waals surface area contributed by atoms with Crippen LogP contribution in [0.4, 0.5) is 5.88 Å². The number of methoxy groups -OCH3 is 1. The third-order valence-corrected chi connectivity index (χ3v) is 7.61. The molecule has 0 N–H and O–H groups in total. The van der Waals surface area contributed by atoms with Crippen molar-refractivity contribution in [3.63, 3.8) is 0 Å². The minimum Gasteiger partial charge on any atom is -0.497 e. The summed E-state index contributed by atoms with van der Waals surface area (Å²) in [5.74, 6) is 1.53. The van der Waals surface area contributed by atoms with Crippen molar-refractivity contribution in [2.45, 2.75) is 19.9 Å². The highest BCUT2D eigenvalue weighted by molar-refractivity contribution is 7.07. The van der Waals surface area contributed by atoms with Crippen LogP contribution in [0.25, 0.3) is 6.08 Å². The maximum Gasteiger partial charge on any atom is 0.338 e. The number of allylic oxidation sites excluding steroid dienone is 1. The summed E-state index contributed by atoms with van der Waals surface area (Å²) in [6.07, 6.45) is 1.75. The highest BCUT2D eigenvalue weighted by atomic mass is 32.1. The molecule has 5 rings (SSSR count). The van der Waals surface area contributed by atoms with Crippen LogP contribution >= 0.6 is 11.3 Å². The number of benzene rings is 1. The van der Waals surface area contributed by atoms with Crippen LogP contribution < -0.4 is 24.5 Å². The first-order valence-electron chi connectivity index (χ1n) is 12.3. The number of hydrogen-bond donors (Lipinski definition) is 0. The molecule has 10 heteroatoms. The fourth-order valence-electron chi connectivity index (χ4n) is 4.66. The number of ether oxygens (including phenoxy) is 2. The molecule has 9 nitrogen and oxygen atoms in total. The van der Waals surface area contributed by atoms with E-state index in [-0.39, 0.29) is 12.2 Å². The molecular formula is C27H30N4O5S. The summed E-state index contributed by atoms with van der Waals surface area (Å²) < 4.78 is 18.9. The maximum absolute atomic E-state index is 13.8. The van der Waals surface area contributed by atoms with Gasteiger partial charge < -0.3 is 23.7 Å². The lowest BCUT2D eigenvalue weighted by atomic mass is 9.95. The summed E-state index contributed by atoms with van der Waals surface area (Å²) in [5, 5.41) is 0. The van der Waals surface area contributed by atoms with Crippen LogP contribution in [-0.4, -0.2) is 62.4 Å². The van der Waals surface area contributed by atoms with Gasteiger partial charge >= 0.3 is 5.97 Å². The van der Waals surface area contributed by atoms with E-state index in [1.807, 2.05) is 36.4 Å². The Kier molecular flexibility index (Phi) is 7.03. The molecule has 194 valence electrons. The lowest BCUT2D eigenvalue weighted by Gasteiger charge is -2.32. The number of carbonyl (C=O) groups excluding carboxylic acids is 1. The first-order chi connectivity index (χ1) is 17.9. The predicted octanol–water partition coefficient (Wildman–Crippen LogP) is 2.15. The number of aromatic nitrogens is 1. The van der Waals surface area contributed by atoms with Crippen LogP contribution in [0, 0.1) is 0 Å². The first-order valence-corrected chi connectivity index (χ1v) is 13.1. The fraction of sp³-hybridized carbons (Fsp3) is 0.370. The van der Waals surface area contributed by atoms with Crippen molar-refractivity contribution in [3.8, 4) is 5.75 Å². The van der Waals surface area contributed by atoms with Crippen LogP contribution in [0.2, 0.25) is 0 Å². The van der Waals surface area contributed by atoms with E-state index in [4.69, 9.17) is 13.9 Å². The normalized spacial score (nSPS) is 18.5. The van der Waals surface area contributed by atoms with Gasteiger partial charge in [-0.15, -0.1) is 0 Å². The second-order valence-electron chi connectivity index (χ2n) is 9.05. The van der Waals surface area contributed by atoms with Crippen LogP contribution in [0.1, 0.15) is 31.2 Å². The number of carbonyl (C=O) groups is 1. The molecular weight excluding hydrogens is 492 g/mol. The van der Waals surface area contributed by atoms with Crippen molar-refractivity contribution < 1.29 is 18.7 Å². The van der Waals surface area contributed by atoms with Crippen molar-refractivity contribution in [2.75, 3.05) is 51.8 Å². The first kappa shape index (κ1) is 25.0. The van der Waals surface area contributed by atoms with Gasteiger partial charge in [0.2, 0.25) is 0 Å². The van der Waals surface area contributed by atoms with Gasteiger partial charge in [0.1, 0.15) is 11.5 Å². The number of esters is 1. The van der Waals surface area contributed by atoms with Gasteiger partial charge in [-0.3, -0.25) is 9.36 Å². The highest BCUT2D eigenvalue weighted by Crippen LogP contribution is 2.32. The Labute approximate surface area is 218 Å². The van der Waals surface area contributed by atoms with E-state index in [0.29, 0.717) is 32.1 Å². The monoisotopic (exact) mass is 522 g/mol. The maximum atomic E-state index is 13.8. The molecule has 4 heterocycles. The van der Waals surface area contributed by atoms with Gasteiger partial charge in [-0.2, -0.15) is 0 Å². The van der Waals surface area contributed by atoms with Gasteiger partial charge in [0.15, 0.2) is 10.7 Å². The Balaban J connectivity index is 1.59. The van der Waals surface area contributed by atoms with E-state index < -0.39 is 12.0 Å². The number of likely N-dealkylation sites (N-methyl/N-ethyl adjacent to an activating group) is 1. The molecule has 1 atom stereocenters. The SMILES string of the molecule is CCOC(=O)C1=C(C)N=c2s/c(=C/c3ccc(N4CCN(C)CC4)o3)c(=O)n2[C@H]1c1cccc(OC)c1. The minimum absolute atomic E-state index is 0.221. The fourth-order valence-corrected chi connectivity index (χ4v) is 5.69. The summed E-state index contributed by atoms with van der Waals surface area (Å²) in [6, 6.07) is 10.5. The average molecular weight is 523 g/mol. The largest absolute Gasteiger partial charge is 0.497 e. The van der Waals surface area contributed by atoms with Crippen molar-refractivity contribution in [1.82, 2.24) is 9.47 Å². The molecule has 2 aliphatic heterocycles. The number of fused-ring (bicyclic) bond motifs is 1. The molecule has 3 aromatic rings. The molecule has 37 heavy (non-hydrogen) atoms. The second kappa shape index (κ2) is 10.4. The molecule has 1 aromatic carbocycles. The lowest BCUT2D eigenvalue weighted by molar-refractivity contribution is -0.139. The van der Waals surface area contributed by atoms with Crippen LogP contribution in [0.3, 0.4) is 0 Å². The molecule has 1 fully saturated rings. The molecule has 0 spiro atoms. The number of anilines is 1. The van der Waals surface area contributed by atoms with E-state index >= 15 is 0 Å². The molecule has 1 saturated heterocycles. The third-order valence-electron chi connectivity index (χ3n) is 6.63. The van der Waals surface area contributed by atoms with Crippen LogP contribution in [-0.2, 0) is 9.53 Å². The van der Waals surface area contributed by atoms with Gasteiger partial charge in [-0.25, -0.2) is 9.79 Å². The minimum atomic E-state index is -0.690. The van der Waals surface area contributed by atoms with E-state index in [9.17, 15) is 9.59 Å². The van der Waals surface area contributed by atoms with E-state index in [2.05, 4.69) is 21.8 Å². The van der Waals surface area contributed by atoms with Crippen molar-refractivity contribution in [2.24, 2.45) is 4.99 Å². The zero-order valence-electron chi connectivity index (χ0n) is 21.4. The Morgan fingerprint density at radius 1 is 1.22 bits per heavy atom. The summed E-state index contributed by atoms with van der Waals surface area (Å²) in [5.41, 5.74) is 1.35. The Hall–Kier alpha value is -3.63. The van der Waals surface area contributed by atoms with Crippen LogP contribution in [0.15, 0.2) is 61.9 Å². The van der Waals surface area contributed by atoms with Gasteiger partial charge in [0.05, 0.1) is 35.6 Å². The number of piperazine rings is 1. The summed E-state index contributed by atoms with van der Waals surface area (Å²) >= 11 is 1.27. The molecule has 2 aliphatic rings. The molecule has 0 aliphatic carbocycles. The lowest BCUT2D eigenvalue weighted by Crippen LogP contribution is -2.44. The van der Waals surface area contributed by atoms with E-state index in [1.165, 1.54) is 11.3 Å². The topological polar surface area (TPSA) is 89.5 Å². The molecule has 2 aromatic heterocycles. The summed E-state index contributed by atoms with van der Waals surface area (Å²) in [6.45, 7) is 7.47. The van der Waals surface area contributed by atoms with Gasteiger partial charge in [-0.1, -0.05) is 23.5 Å². The summed E-state index contributed by atoms with van der Waals surface area (Å²) in [4.78, 5) is 36.4. The van der Waals surface area contributed by atoms with Crippen molar-refractivity contribution >= 4 is 29.3 Å². The second-order valence-corrected chi connectivity index (χ2v) is 10.1. The highest BCUT2D eigenvalue weighted by Gasteiger charge is 2.33. The number of thiazole rings is 1. The molecule has 0 amide bonds. The standard InChI is InChI=1S/C27H30N4O5S/c1-5-35-26(33)23-17(2)28-27-31(24(23)18-7-6-8-19(15-18)34-4)25(32)21(37-27)16-20-9-10-22(36-20)30-13-11-29(3)12-14-30/h6-10,15-16,24H,5,11-14H2,1-4H3/b21-16+/t24-/m0/s1. The molecule has 0 saturated carbocycles. The Bertz CT molecular complexity index is 1520. The van der Waals surface area contributed by atoms with Gasteiger partial charge in [0.25, 0.3) is 5.56 Å². The molecule has 0 unspecified atom stereocenters. The van der Waals surface area contributed by atoms with Crippen molar-refractivity contribution in [1.29, 1.82) is 0 Å². The Morgan fingerprint density at radius 3 is 2.73 bits per heavy atom. The van der Waals surface area contributed by atoms with Gasteiger partial charge in [0, 0.05) is 38.3 Å². The zero-order chi connectivity index (χ0) is 26.1. The predicted molar refractivity (Wildman–Crippen MR) is 142 cm³/mol. The van der Waals surface area contributed by atoms with E-state index in [1.54, 1.807) is 31.6 Å². The average Bonchev–Trinajstić information content (AvgIpc) is 3.48. The van der Waals surface area contributed by atoms with Gasteiger partial charge in [-0.05, 0) is 44.7 Å². The number of rotatable bonds is 6. The van der Waals surface area contributed by atoms with E-state index in [0.717, 1.165) is 37.6 Å². The smallest absolute Gasteiger partial charge is 0.338 e. The molecule has 0 radical (unpaired) electrons.